The molecular weight excluding hydrogens is 819 g/mol. The predicted octanol–water partition coefficient (Wildman–Crippen LogP) is 15.8. The molecule has 0 radical (unpaired) electrons. The number of furan rings is 1. The summed E-state index contributed by atoms with van der Waals surface area (Å²) in [6.45, 7) is 0. The van der Waals surface area contributed by atoms with E-state index in [-0.39, 0.29) is 0 Å². The van der Waals surface area contributed by atoms with Crippen LogP contribution in [0, 0.1) is 0 Å². The summed E-state index contributed by atoms with van der Waals surface area (Å²) in [5.41, 5.74) is 13.2. The van der Waals surface area contributed by atoms with Gasteiger partial charge in [-0.2, -0.15) is 9.97 Å². The van der Waals surface area contributed by atoms with Crippen LogP contribution in [0.1, 0.15) is 0 Å². The van der Waals surface area contributed by atoms with Crippen LogP contribution in [0.4, 0.5) is 0 Å². The van der Waals surface area contributed by atoms with Gasteiger partial charge in [-0.15, -0.1) is 0 Å². The van der Waals surface area contributed by atoms with E-state index in [1.165, 1.54) is 16.2 Å². The largest absolute Gasteiger partial charge is 0.455 e. The molecule has 6 heteroatoms. The number of nitrogens with zero attached hydrogens (tertiary/aromatic N) is 5. The van der Waals surface area contributed by atoms with Gasteiger partial charge in [0, 0.05) is 54.7 Å². The number of rotatable bonds is 6. The molecule has 0 aliphatic carbocycles. The molecule has 4 heterocycles. The molecule has 14 rings (SSSR count). The lowest BCUT2D eigenvalue weighted by molar-refractivity contribution is 0.670. The van der Waals surface area contributed by atoms with Gasteiger partial charge >= 0.3 is 0 Å². The van der Waals surface area contributed by atoms with Crippen LogP contribution in [-0.4, -0.2) is 24.1 Å². The van der Waals surface area contributed by atoms with Gasteiger partial charge in [0.2, 0.25) is 5.95 Å². The molecule has 0 fully saturated rings. The van der Waals surface area contributed by atoms with Gasteiger partial charge in [0.05, 0.1) is 22.1 Å². The van der Waals surface area contributed by atoms with Crippen LogP contribution in [0.2, 0.25) is 0 Å². The van der Waals surface area contributed by atoms with Crippen molar-refractivity contribution < 1.29 is 4.42 Å². The number of hydrogen-bond donors (Lipinski definition) is 0. The highest BCUT2D eigenvalue weighted by atomic mass is 16.3. The molecule has 0 bridgehead atoms. The standard InChI is InChI=1S/C61H37N5O/c1-3-15-38(16-4-1)40-27-30-42(31-28-40)60-62-59(41-18-5-2-6-19-41)63-61(64-60)66-54-25-13-10-22-47(54)51-36-50-46-21-9-12-24-53(46)65(55(50)37-56(51)66)45-34-49(44-32-29-39-17-7-8-20-43(39)33-44)58-52(35-45)48-23-11-14-26-57(48)67-58/h1-37H. The van der Waals surface area contributed by atoms with E-state index in [1.807, 2.05) is 30.3 Å². The molecule has 0 aliphatic rings. The summed E-state index contributed by atoms with van der Waals surface area (Å²) >= 11 is 0. The Hall–Kier alpha value is -9.13. The predicted molar refractivity (Wildman–Crippen MR) is 275 cm³/mol. The quantitative estimate of drug-likeness (QED) is 0.167. The van der Waals surface area contributed by atoms with Gasteiger partial charge in [-0.25, -0.2) is 4.98 Å². The van der Waals surface area contributed by atoms with Gasteiger partial charge in [0.25, 0.3) is 0 Å². The minimum atomic E-state index is 0.550. The van der Waals surface area contributed by atoms with Crippen LogP contribution >= 0.6 is 0 Å². The Morgan fingerprint density at radius 2 is 0.851 bits per heavy atom. The third-order valence-electron chi connectivity index (χ3n) is 13.4. The Labute approximate surface area is 384 Å². The molecule has 0 amide bonds. The molecule has 0 aliphatic heterocycles. The highest BCUT2D eigenvalue weighted by molar-refractivity contribution is 6.20. The first kappa shape index (κ1) is 37.3. The van der Waals surface area contributed by atoms with Crippen LogP contribution in [0.3, 0.4) is 0 Å². The van der Waals surface area contributed by atoms with Gasteiger partial charge in [0.1, 0.15) is 11.2 Å². The second-order valence-corrected chi connectivity index (χ2v) is 17.2. The van der Waals surface area contributed by atoms with Crippen molar-refractivity contribution in [3.05, 3.63) is 224 Å². The van der Waals surface area contributed by atoms with Crippen molar-refractivity contribution in [1.82, 2.24) is 24.1 Å². The number of para-hydroxylation sites is 3. The Morgan fingerprint density at radius 1 is 0.313 bits per heavy atom. The average Bonchev–Trinajstić information content (AvgIpc) is 4.05. The molecule has 0 saturated heterocycles. The Kier molecular flexibility index (Phi) is 8.18. The maximum atomic E-state index is 6.73. The zero-order chi connectivity index (χ0) is 44.0. The highest BCUT2D eigenvalue weighted by Gasteiger charge is 2.23. The zero-order valence-electron chi connectivity index (χ0n) is 36.0. The summed E-state index contributed by atoms with van der Waals surface area (Å²) in [6.07, 6.45) is 0. The van der Waals surface area contributed by atoms with Gasteiger partial charge in [-0.1, -0.05) is 176 Å². The van der Waals surface area contributed by atoms with Crippen molar-refractivity contribution >= 4 is 76.3 Å². The van der Waals surface area contributed by atoms with E-state index in [0.717, 1.165) is 99.2 Å². The molecule has 0 spiro atoms. The monoisotopic (exact) mass is 855 g/mol. The molecule has 0 saturated carbocycles. The molecule has 312 valence electrons. The fourth-order valence-electron chi connectivity index (χ4n) is 10.2. The van der Waals surface area contributed by atoms with Crippen molar-refractivity contribution in [3.63, 3.8) is 0 Å². The average molecular weight is 856 g/mol. The van der Waals surface area contributed by atoms with Crippen molar-refractivity contribution in [3.8, 4) is 56.7 Å². The fraction of sp³-hybridized carbons (Fsp3) is 0. The van der Waals surface area contributed by atoms with E-state index < -0.39 is 0 Å². The molecule has 14 aromatic rings. The van der Waals surface area contributed by atoms with Crippen molar-refractivity contribution in [2.24, 2.45) is 0 Å². The number of aromatic nitrogens is 5. The number of benzene rings is 10. The lowest BCUT2D eigenvalue weighted by Crippen LogP contribution is -2.06. The fourth-order valence-corrected chi connectivity index (χ4v) is 10.2. The lowest BCUT2D eigenvalue weighted by Gasteiger charge is -2.13. The molecular formula is C61H37N5O. The van der Waals surface area contributed by atoms with E-state index in [0.29, 0.717) is 17.6 Å². The van der Waals surface area contributed by atoms with Gasteiger partial charge in [-0.3, -0.25) is 4.57 Å². The normalized spacial score (nSPS) is 11.9. The summed E-state index contributed by atoms with van der Waals surface area (Å²) in [6, 6.07) is 79.3. The van der Waals surface area contributed by atoms with E-state index in [2.05, 4.69) is 203 Å². The second-order valence-electron chi connectivity index (χ2n) is 17.2. The number of hydrogen-bond acceptors (Lipinski definition) is 4. The van der Waals surface area contributed by atoms with Crippen molar-refractivity contribution in [2.75, 3.05) is 0 Å². The summed E-state index contributed by atoms with van der Waals surface area (Å²) in [5.74, 6) is 1.76. The van der Waals surface area contributed by atoms with Crippen molar-refractivity contribution in [1.29, 1.82) is 0 Å². The van der Waals surface area contributed by atoms with Crippen LogP contribution in [-0.2, 0) is 0 Å². The van der Waals surface area contributed by atoms with E-state index in [1.54, 1.807) is 0 Å². The van der Waals surface area contributed by atoms with Crippen LogP contribution in [0.25, 0.3) is 133 Å². The zero-order valence-corrected chi connectivity index (χ0v) is 36.0. The van der Waals surface area contributed by atoms with Crippen molar-refractivity contribution in [2.45, 2.75) is 0 Å². The van der Waals surface area contributed by atoms with Crippen LogP contribution < -0.4 is 0 Å². The van der Waals surface area contributed by atoms with Crippen LogP contribution in [0.5, 0.6) is 0 Å². The van der Waals surface area contributed by atoms with E-state index in [4.69, 9.17) is 19.4 Å². The lowest BCUT2D eigenvalue weighted by atomic mass is 9.98. The minimum absolute atomic E-state index is 0.550. The molecule has 4 aromatic heterocycles. The van der Waals surface area contributed by atoms with E-state index in [9.17, 15) is 0 Å². The highest BCUT2D eigenvalue weighted by Crippen LogP contribution is 2.43. The Balaban J connectivity index is 1.04. The van der Waals surface area contributed by atoms with Gasteiger partial charge in [0.15, 0.2) is 11.6 Å². The Bertz CT molecular complexity index is 4260. The summed E-state index contributed by atoms with van der Waals surface area (Å²) < 4.78 is 11.4. The first-order valence-electron chi connectivity index (χ1n) is 22.6. The maximum absolute atomic E-state index is 6.73. The molecule has 0 N–H and O–H groups in total. The molecule has 10 aromatic carbocycles. The molecule has 0 unspecified atom stereocenters. The summed E-state index contributed by atoms with van der Waals surface area (Å²) in [7, 11) is 0. The third-order valence-corrected chi connectivity index (χ3v) is 13.4. The topological polar surface area (TPSA) is 61.7 Å². The number of fused-ring (bicyclic) bond motifs is 10. The first-order valence-corrected chi connectivity index (χ1v) is 22.6. The van der Waals surface area contributed by atoms with Gasteiger partial charge < -0.3 is 8.98 Å². The van der Waals surface area contributed by atoms with Crippen LogP contribution in [0.15, 0.2) is 229 Å². The second kappa shape index (κ2) is 14.7. The van der Waals surface area contributed by atoms with Gasteiger partial charge in [-0.05, 0) is 76.0 Å². The molecule has 67 heavy (non-hydrogen) atoms. The molecule has 0 atom stereocenters. The van der Waals surface area contributed by atoms with E-state index >= 15 is 0 Å². The summed E-state index contributed by atoms with van der Waals surface area (Å²) in [4.78, 5) is 15.7. The minimum Gasteiger partial charge on any atom is -0.455 e. The maximum Gasteiger partial charge on any atom is 0.238 e. The molecule has 6 nitrogen and oxygen atoms in total. The Morgan fingerprint density at radius 3 is 1.58 bits per heavy atom. The SMILES string of the molecule is c1ccc(-c2ccc(-c3nc(-c4ccccc4)nc(-n4c5ccccc5c5cc6c7ccccc7n(-c7cc(-c8ccc9ccccc9c8)c8oc9ccccc9c8c7)c6cc54)n3)cc2)cc1. The smallest absolute Gasteiger partial charge is 0.238 e. The third kappa shape index (κ3) is 5.93. The summed E-state index contributed by atoms with van der Waals surface area (Å²) in [5, 5.41) is 9.12. The first-order chi connectivity index (χ1) is 33.2.